The summed E-state index contributed by atoms with van der Waals surface area (Å²) in [5, 5.41) is 3.93. The maximum absolute atomic E-state index is 13.2. The van der Waals surface area contributed by atoms with E-state index < -0.39 is 6.04 Å². The number of carbonyl (C=O) groups excluding carboxylic acids is 2. The molecule has 0 saturated heterocycles. The highest BCUT2D eigenvalue weighted by Gasteiger charge is 2.27. The Morgan fingerprint density at radius 3 is 2.31 bits per heavy atom. The van der Waals surface area contributed by atoms with E-state index in [1.54, 1.807) is 30.0 Å². The zero-order valence-electron chi connectivity index (χ0n) is 17.3. The molecule has 0 aliphatic rings. The molecule has 0 aliphatic carbocycles. The summed E-state index contributed by atoms with van der Waals surface area (Å²) in [7, 11) is 0. The molecule has 2 rings (SSSR count). The largest absolute Gasteiger partial charge is 0.352 e. The van der Waals surface area contributed by atoms with Crippen LogP contribution in [0.1, 0.15) is 43.9 Å². The van der Waals surface area contributed by atoms with Crippen LogP contribution in [-0.4, -0.2) is 28.8 Å². The first-order chi connectivity index (χ1) is 13.7. The average molecular weight is 435 g/mol. The van der Waals surface area contributed by atoms with Crippen LogP contribution in [0.3, 0.4) is 0 Å². The van der Waals surface area contributed by atoms with Crippen LogP contribution in [0.2, 0.25) is 10.0 Å². The Balaban J connectivity index is 2.25. The van der Waals surface area contributed by atoms with Crippen LogP contribution in [0.15, 0.2) is 42.5 Å². The van der Waals surface area contributed by atoms with Crippen molar-refractivity contribution in [3.63, 3.8) is 0 Å². The molecule has 0 heterocycles. The van der Waals surface area contributed by atoms with Crippen LogP contribution in [-0.2, 0) is 22.6 Å². The predicted octanol–water partition coefficient (Wildman–Crippen LogP) is 5.18. The molecule has 0 fully saturated rings. The monoisotopic (exact) mass is 434 g/mol. The third kappa shape index (κ3) is 6.76. The molecule has 2 atom stereocenters. The Kier molecular flexibility index (Phi) is 8.54. The topological polar surface area (TPSA) is 49.4 Å². The van der Waals surface area contributed by atoms with Gasteiger partial charge in [-0.1, -0.05) is 66.0 Å². The van der Waals surface area contributed by atoms with E-state index in [2.05, 4.69) is 5.32 Å². The quantitative estimate of drug-likeness (QED) is 0.622. The maximum Gasteiger partial charge on any atom is 0.242 e. The molecule has 1 N–H and O–H groups in total. The van der Waals surface area contributed by atoms with E-state index >= 15 is 0 Å². The molecular formula is C23H28Cl2N2O2. The van der Waals surface area contributed by atoms with Gasteiger partial charge in [0, 0.05) is 22.6 Å². The Morgan fingerprint density at radius 1 is 1.07 bits per heavy atom. The fourth-order valence-corrected chi connectivity index (χ4v) is 3.34. The number of benzene rings is 2. The first kappa shape index (κ1) is 23.2. The zero-order valence-corrected chi connectivity index (χ0v) is 18.8. The lowest BCUT2D eigenvalue weighted by Crippen LogP contribution is -2.49. The van der Waals surface area contributed by atoms with Crippen LogP contribution >= 0.6 is 23.2 Å². The minimum absolute atomic E-state index is 0.0481. The predicted molar refractivity (Wildman–Crippen MR) is 119 cm³/mol. The molecule has 2 amide bonds. The SMILES string of the molecule is CC[C@@H](C)NC(=O)[C@H](C)N(Cc1ccc(C)cc1)C(=O)Cc1ccc(Cl)cc1Cl. The molecule has 0 aromatic heterocycles. The molecule has 0 saturated carbocycles. The molecule has 29 heavy (non-hydrogen) atoms. The maximum atomic E-state index is 13.2. The van der Waals surface area contributed by atoms with Crippen molar-refractivity contribution in [2.24, 2.45) is 0 Å². The van der Waals surface area contributed by atoms with Gasteiger partial charge < -0.3 is 10.2 Å². The van der Waals surface area contributed by atoms with Gasteiger partial charge in [-0.3, -0.25) is 9.59 Å². The first-order valence-electron chi connectivity index (χ1n) is 9.80. The summed E-state index contributed by atoms with van der Waals surface area (Å²) in [5.41, 5.74) is 2.79. The zero-order chi connectivity index (χ0) is 21.6. The summed E-state index contributed by atoms with van der Waals surface area (Å²) in [6.07, 6.45) is 0.924. The molecular weight excluding hydrogens is 407 g/mol. The fraction of sp³-hybridized carbons (Fsp3) is 0.391. The number of hydrogen-bond donors (Lipinski definition) is 1. The van der Waals surface area contributed by atoms with Gasteiger partial charge in [0.2, 0.25) is 11.8 Å². The van der Waals surface area contributed by atoms with E-state index in [9.17, 15) is 9.59 Å². The number of aryl methyl sites for hydroxylation is 1. The van der Waals surface area contributed by atoms with Gasteiger partial charge in [0.1, 0.15) is 6.04 Å². The van der Waals surface area contributed by atoms with E-state index in [0.29, 0.717) is 22.2 Å². The highest BCUT2D eigenvalue weighted by molar-refractivity contribution is 6.35. The first-order valence-corrected chi connectivity index (χ1v) is 10.6. The van der Waals surface area contributed by atoms with Crippen molar-refractivity contribution in [2.75, 3.05) is 0 Å². The fourth-order valence-electron chi connectivity index (χ4n) is 2.87. The number of amides is 2. The summed E-state index contributed by atoms with van der Waals surface area (Å²) < 4.78 is 0. The second-order valence-corrected chi connectivity index (χ2v) is 8.26. The van der Waals surface area contributed by atoms with Gasteiger partial charge in [-0.25, -0.2) is 0 Å². The van der Waals surface area contributed by atoms with Crippen molar-refractivity contribution >= 4 is 35.0 Å². The summed E-state index contributed by atoms with van der Waals surface area (Å²) in [4.78, 5) is 27.5. The van der Waals surface area contributed by atoms with Gasteiger partial charge in [0.25, 0.3) is 0 Å². The summed E-state index contributed by atoms with van der Waals surface area (Å²) in [5.74, 6) is -0.330. The van der Waals surface area contributed by atoms with Crippen molar-refractivity contribution in [1.82, 2.24) is 10.2 Å². The van der Waals surface area contributed by atoms with Gasteiger partial charge in [0.05, 0.1) is 6.42 Å². The van der Waals surface area contributed by atoms with Gasteiger partial charge in [-0.2, -0.15) is 0 Å². The standard InChI is InChI=1S/C23H28Cl2N2O2/c1-5-16(3)26-23(29)17(4)27(14-18-8-6-15(2)7-9-18)22(28)12-19-10-11-20(24)13-21(19)25/h6-11,13,16-17H,5,12,14H2,1-4H3,(H,26,29)/t16-,17+/m1/s1. The van der Waals surface area contributed by atoms with Crippen molar-refractivity contribution in [2.45, 2.75) is 59.2 Å². The second kappa shape index (κ2) is 10.7. The molecule has 156 valence electrons. The molecule has 0 bridgehead atoms. The van der Waals surface area contributed by atoms with E-state index in [0.717, 1.165) is 17.5 Å². The van der Waals surface area contributed by atoms with Crippen LogP contribution in [0.25, 0.3) is 0 Å². The van der Waals surface area contributed by atoms with Crippen molar-refractivity contribution in [3.05, 3.63) is 69.2 Å². The van der Waals surface area contributed by atoms with Gasteiger partial charge in [-0.15, -0.1) is 0 Å². The van der Waals surface area contributed by atoms with E-state index in [4.69, 9.17) is 23.2 Å². The molecule has 0 aliphatic heterocycles. The smallest absolute Gasteiger partial charge is 0.242 e. The van der Waals surface area contributed by atoms with Crippen LogP contribution in [0.5, 0.6) is 0 Å². The van der Waals surface area contributed by atoms with Crippen LogP contribution in [0.4, 0.5) is 0 Å². The molecule has 0 spiro atoms. The number of halogens is 2. The lowest BCUT2D eigenvalue weighted by atomic mass is 10.1. The van der Waals surface area contributed by atoms with Gasteiger partial charge in [-0.05, 0) is 50.5 Å². The molecule has 6 heteroatoms. The number of carbonyl (C=O) groups is 2. The third-order valence-electron chi connectivity index (χ3n) is 5.00. The minimum Gasteiger partial charge on any atom is -0.352 e. The highest BCUT2D eigenvalue weighted by Crippen LogP contribution is 2.23. The van der Waals surface area contributed by atoms with Crippen LogP contribution < -0.4 is 5.32 Å². The summed E-state index contributed by atoms with van der Waals surface area (Å²) >= 11 is 12.2. The Morgan fingerprint density at radius 2 is 1.72 bits per heavy atom. The van der Waals surface area contributed by atoms with Crippen molar-refractivity contribution in [3.8, 4) is 0 Å². The molecule has 0 radical (unpaired) electrons. The number of rotatable bonds is 8. The minimum atomic E-state index is -0.608. The lowest BCUT2D eigenvalue weighted by Gasteiger charge is -2.30. The van der Waals surface area contributed by atoms with Crippen molar-refractivity contribution < 1.29 is 9.59 Å². The lowest BCUT2D eigenvalue weighted by molar-refractivity contribution is -0.140. The van der Waals surface area contributed by atoms with E-state index in [1.165, 1.54) is 0 Å². The molecule has 0 unspecified atom stereocenters. The Labute approximate surface area is 183 Å². The van der Waals surface area contributed by atoms with Gasteiger partial charge >= 0.3 is 0 Å². The number of nitrogens with zero attached hydrogens (tertiary/aromatic N) is 1. The van der Waals surface area contributed by atoms with Crippen LogP contribution in [0, 0.1) is 6.92 Å². The highest BCUT2D eigenvalue weighted by atomic mass is 35.5. The van der Waals surface area contributed by atoms with Gasteiger partial charge in [0.15, 0.2) is 0 Å². The summed E-state index contributed by atoms with van der Waals surface area (Å²) in [6.45, 7) is 8.07. The van der Waals surface area contributed by atoms with E-state index in [1.807, 2.05) is 45.0 Å². The normalized spacial score (nSPS) is 12.9. The molecule has 2 aromatic carbocycles. The summed E-state index contributed by atoms with van der Waals surface area (Å²) in [6, 6.07) is 12.5. The number of hydrogen-bond acceptors (Lipinski definition) is 2. The second-order valence-electron chi connectivity index (χ2n) is 7.41. The Bertz CT molecular complexity index is 852. The Hall–Kier alpha value is -2.04. The average Bonchev–Trinajstić information content (AvgIpc) is 2.68. The van der Waals surface area contributed by atoms with E-state index in [-0.39, 0.29) is 24.3 Å². The molecule has 4 nitrogen and oxygen atoms in total. The third-order valence-corrected chi connectivity index (χ3v) is 5.59. The number of nitrogens with one attached hydrogen (secondary N) is 1. The molecule has 2 aromatic rings. The van der Waals surface area contributed by atoms with Crippen molar-refractivity contribution in [1.29, 1.82) is 0 Å².